The summed E-state index contributed by atoms with van der Waals surface area (Å²) in [6.07, 6.45) is 8.48. The fourth-order valence-corrected chi connectivity index (χ4v) is 6.38. The van der Waals surface area contributed by atoms with E-state index in [2.05, 4.69) is 31.7 Å². The Morgan fingerprint density at radius 3 is 2.63 bits per heavy atom. The van der Waals surface area contributed by atoms with Gasteiger partial charge in [-0.25, -0.2) is 0 Å². The first kappa shape index (κ1) is 27.5. The van der Waals surface area contributed by atoms with Gasteiger partial charge in [0.1, 0.15) is 21.8 Å². The van der Waals surface area contributed by atoms with Gasteiger partial charge in [0.2, 0.25) is 0 Å². The van der Waals surface area contributed by atoms with Crippen molar-refractivity contribution < 1.29 is 4.79 Å². The number of rotatable bonds is 9. The van der Waals surface area contributed by atoms with E-state index >= 15 is 0 Å². The number of pyridine rings is 1. The average molecular weight is 515 g/mol. The van der Waals surface area contributed by atoms with Gasteiger partial charge in [-0.05, 0) is 56.6 Å². The number of aromatic nitrogens is 1. The van der Waals surface area contributed by atoms with Crippen LogP contribution >= 0.6 is 24.0 Å². The molecule has 0 aliphatic carbocycles. The van der Waals surface area contributed by atoms with Crippen LogP contribution in [-0.4, -0.2) is 39.3 Å². The lowest BCUT2D eigenvalue weighted by Crippen LogP contribution is -2.40. The number of amides is 1. The first-order chi connectivity index (χ1) is 16.8. The predicted octanol–water partition coefficient (Wildman–Crippen LogP) is 5.70. The number of thioether (sulfide) groups is 1. The smallest absolute Gasteiger partial charge is 0.270 e. The number of carbonyl (C=O) groups is 1. The lowest BCUT2D eigenvalue weighted by Gasteiger charge is -2.35. The normalized spacial score (nSPS) is 20.6. The van der Waals surface area contributed by atoms with Gasteiger partial charge >= 0.3 is 0 Å². The highest BCUT2D eigenvalue weighted by atomic mass is 32.2. The van der Waals surface area contributed by atoms with Crippen molar-refractivity contribution in [3.63, 3.8) is 0 Å². The predicted molar refractivity (Wildman–Crippen MR) is 150 cm³/mol. The Bertz CT molecular complexity index is 1100. The molecular weight excluding hydrogens is 476 g/mol. The quantitative estimate of drug-likeness (QED) is 0.311. The molecule has 1 aromatic rings. The van der Waals surface area contributed by atoms with Gasteiger partial charge in [0.25, 0.3) is 11.5 Å². The van der Waals surface area contributed by atoms with Crippen LogP contribution in [0.15, 0.2) is 9.70 Å². The number of nitrogens with zero attached hydrogens (tertiary/aromatic N) is 4. The molecule has 0 spiro atoms. The number of thiocarbonyl (C=S) groups is 1. The van der Waals surface area contributed by atoms with Crippen molar-refractivity contribution in [1.82, 2.24) is 9.47 Å². The molecule has 0 N–H and O–H groups in total. The zero-order valence-corrected chi connectivity index (χ0v) is 23.4. The summed E-state index contributed by atoms with van der Waals surface area (Å²) >= 11 is 6.95. The minimum absolute atomic E-state index is 0.0694. The molecular formula is C27H38N4O2S2. The van der Waals surface area contributed by atoms with Crippen molar-refractivity contribution in [1.29, 1.82) is 5.26 Å². The first-order valence-electron chi connectivity index (χ1n) is 12.9. The highest BCUT2D eigenvalue weighted by molar-refractivity contribution is 8.26. The van der Waals surface area contributed by atoms with Crippen LogP contribution < -0.4 is 10.5 Å². The number of hydrogen-bond acceptors (Lipinski definition) is 6. The molecule has 2 aliphatic heterocycles. The van der Waals surface area contributed by atoms with Gasteiger partial charge in [-0.2, -0.15) is 5.26 Å². The van der Waals surface area contributed by atoms with Crippen LogP contribution in [0.5, 0.6) is 0 Å². The summed E-state index contributed by atoms with van der Waals surface area (Å²) in [6.45, 7) is 13.1. The van der Waals surface area contributed by atoms with Gasteiger partial charge in [0.15, 0.2) is 0 Å². The zero-order chi connectivity index (χ0) is 25.7. The van der Waals surface area contributed by atoms with Crippen molar-refractivity contribution in [2.75, 3.05) is 24.5 Å². The number of piperidine rings is 1. The monoisotopic (exact) mass is 514 g/mol. The van der Waals surface area contributed by atoms with E-state index in [1.54, 1.807) is 9.47 Å². The highest BCUT2D eigenvalue weighted by Gasteiger charge is 2.34. The first-order valence-corrected chi connectivity index (χ1v) is 14.2. The van der Waals surface area contributed by atoms with Gasteiger partial charge in [0, 0.05) is 31.7 Å². The molecule has 6 nitrogen and oxygen atoms in total. The molecule has 3 rings (SSSR count). The Balaban J connectivity index is 2.08. The van der Waals surface area contributed by atoms with E-state index in [-0.39, 0.29) is 17.0 Å². The third kappa shape index (κ3) is 5.83. The van der Waals surface area contributed by atoms with E-state index in [0.29, 0.717) is 39.7 Å². The van der Waals surface area contributed by atoms with Crippen molar-refractivity contribution in [3.8, 4) is 6.07 Å². The minimum atomic E-state index is -0.257. The third-order valence-electron chi connectivity index (χ3n) is 7.25. The SMILES string of the molecule is CCCCC(CC)CN1C(=O)/C(=C/c2c(C)c(C#N)c(=O)n(CC)c2N2CCCC(C)C2)SC1=S. The summed E-state index contributed by atoms with van der Waals surface area (Å²) in [5.74, 6) is 1.69. The van der Waals surface area contributed by atoms with E-state index in [4.69, 9.17) is 12.2 Å². The summed E-state index contributed by atoms with van der Waals surface area (Å²) in [7, 11) is 0. The molecule has 2 fully saturated rings. The Kier molecular flexibility index (Phi) is 9.60. The van der Waals surface area contributed by atoms with Crippen molar-refractivity contribution in [3.05, 3.63) is 31.9 Å². The van der Waals surface area contributed by atoms with Gasteiger partial charge in [-0.1, -0.05) is 64.0 Å². The van der Waals surface area contributed by atoms with Crippen LogP contribution in [-0.2, 0) is 11.3 Å². The van der Waals surface area contributed by atoms with Gasteiger partial charge in [-0.15, -0.1) is 0 Å². The zero-order valence-electron chi connectivity index (χ0n) is 21.7. The molecule has 2 atom stereocenters. The van der Waals surface area contributed by atoms with E-state index in [1.165, 1.54) is 11.8 Å². The Labute approximate surface area is 219 Å². The van der Waals surface area contributed by atoms with Crippen LogP contribution in [0.4, 0.5) is 5.82 Å². The Morgan fingerprint density at radius 2 is 2.03 bits per heavy atom. The number of hydrogen-bond donors (Lipinski definition) is 0. The largest absolute Gasteiger partial charge is 0.357 e. The minimum Gasteiger partial charge on any atom is -0.357 e. The Hall–Kier alpha value is -2.11. The van der Waals surface area contributed by atoms with Crippen LogP contribution in [0.3, 0.4) is 0 Å². The molecule has 190 valence electrons. The molecule has 0 saturated carbocycles. The average Bonchev–Trinajstić information content (AvgIpc) is 3.10. The molecule has 1 amide bonds. The molecule has 2 saturated heterocycles. The van der Waals surface area contributed by atoms with Crippen LogP contribution in [0, 0.1) is 30.1 Å². The number of carbonyl (C=O) groups excluding carboxylic acids is 1. The second-order valence-electron chi connectivity index (χ2n) is 9.80. The molecule has 3 heterocycles. The molecule has 1 aromatic heterocycles. The lowest BCUT2D eigenvalue weighted by atomic mass is 9.97. The van der Waals surface area contributed by atoms with E-state index in [0.717, 1.165) is 63.0 Å². The third-order valence-corrected chi connectivity index (χ3v) is 8.63. The summed E-state index contributed by atoms with van der Waals surface area (Å²) in [5, 5.41) is 9.78. The maximum absolute atomic E-state index is 13.5. The van der Waals surface area contributed by atoms with Gasteiger partial charge in [-0.3, -0.25) is 19.1 Å². The summed E-state index contributed by atoms with van der Waals surface area (Å²) in [5.41, 5.74) is 1.31. The molecule has 0 aromatic carbocycles. The fraction of sp³-hybridized carbons (Fsp3) is 0.630. The van der Waals surface area contributed by atoms with E-state index in [1.807, 2.05) is 19.9 Å². The van der Waals surface area contributed by atoms with E-state index < -0.39 is 0 Å². The van der Waals surface area contributed by atoms with Crippen LogP contribution in [0.2, 0.25) is 0 Å². The maximum Gasteiger partial charge on any atom is 0.270 e. The van der Waals surface area contributed by atoms with Gasteiger partial charge in [0.05, 0.1) is 4.91 Å². The highest BCUT2D eigenvalue weighted by Crippen LogP contribution is 2.37. The summed E-state index contributed by atoms with van der Waals surface area (Å²) < 4.78 is 2.29. The topological polar surface area (TPSA) is 69.3 Å². The number of anilines is 1. The summed E-state index contributed by atoms with van der Waals surface area (Å²) in [6, 6.07) is 2.12. The second-order valence-corrected chi connectivity index (χ2v) is 11.5. The number of unbranched alkanes of at least 4 members (excludes halogenated alkanes) is 1. The van der Waals surface area contributed by atoms with Gasteiger partial charge < -0.3 is 4.90 Å². The molecule has 0 bridgehead atoms. The van der Waals surface area contributed by atoms with Crippen molar-refractivity contribution in [2.45, 2.75) is 79.7 Å². The van der Waals surface area contributed by atoms with E-state index in [9.17, 15) is 14.9 Å². The van der Waals surface area contributed by atoms with Crippen molar-refractivity contribution >= 4 is 46.1 Å². The maximum atomic E-state index is 13.5. The van der Waals surface area contributed by atoms with Crippen LogP contribution in [0.25, 0.3) is 6.08 Å². The Morgan fingerprint density at radius 1 is 1.29 bits per heavy atom. The van der Waals surface area contributed by atoms with Crippen molar-refractivity contribution in [2.24, 2.45) is 11.8 Å². The summed E-state index contributed by atoms with van der Waals surface area (Å²) in [4.78, 5) is 31.2. The second kappa shape index (κ2) is 12.2. The fourth-order valence-electron chi connectivity index (χ4n) is 5.12. The number of nitriles is 1. The van der Waals surface area contributed by atoms with Crippen LogP contribution in [0.1, 0.15) is 82.9 Å². The lowest BCUT2D eigenvalue weighted by molar-refractivity contribution is -0.122. The standard InChI is InChI=1S/C27H38N4O2S2/c1-6-9-12-20(7-2)17-31-26(33)23(35-27(31)34)14-21-19(5)22(15-28)25(32)30(8-3)24(21)29-13-10-11-18(4)16-29/h14,18,20H,6-13,16-17H2,1-5H3/b23-14-. The molecule has 2 unspecified atom stereocenters. The molecule has 35 heavy (non-hydrogen) atoms. The molecule has 0 radical (unpaired) electrons. The molecule has 2 aliphatic rings. The molecule has 8 heteroatoms.